The number of imidazole rings is 3. The SMILES string of the molecule is C.CC(=O)CCCCCl.Cn1c2c(c(=O)[nH]c1=O)CC=N2.O=CO[O-].[2H]C([2H])([2H])n1cnc2c1c(=O)[nH]c(=O)n2C.[2H]C([2H])([2H])n1cnc2c1c(=O)n(CCCCC(C)=O)c(=O)n2C.[2H]CF.[2H]OOC=O.[2H]c1nc2c(c(=O)n(CCCC([2H])([2H])C(C)=O)c(=O)n2C)n1C([2H])([2H])[2H].[CH2-]F.[H-].[K+].[K+].[K+].[K+]. The van der Waals surface area contributed by atoms with Crippen molar-refractivity contribution in [2.45, 2.75) is 105 Å². The third-order valence-electron chi connectivity index (χ3n) is 10.8. The molecule has 0 atom stereocenters. The summed E-state index contributed by atoms with van der Waals surface area (Å²) in [6.07, 6.45) is 5.27. The molecule has 0 saturated heterocycles. The third-order valence-corrected chi connectivity index (χ3v) is 11.1. The first-order chi connectivity index (χ1) is 46.0. The van der Waals surface area contributed by atoms with Crippen molar-refractivity contribution in [3.63, 3.8) is 0 Å². The van der Waals surface area contributed by atoms with E-state index in [9.17, 15) is 61.5 Å². The normalized spacial score (nSPS) is 12.6. The number of ketones is 3. The number of Topliss-reactive ketones (excluding diaryl/α,β-unsaturated/α-hetero) is 3. The number of aliphatic imine (C=N–C) groups is 1. The molecular formula is C51H75ClF2K4N15O17+. The zero-order chi connectivity index (χ0) is 76.8. The molecular weight excluding hydrogens is 1320 g/mol. The van der Waals surface area contributed by atoms with Gasteiger partial charge in [-0.15, -0.1) is 11.6 Å². The zero-order valence-electron chi connectivity index (χ0n) is 65.7. The number of H-pyrrole nitrogens is 2. The summed E-state index contributed by atoms with van der Waals surface area (Å²) < 4.78 is 128. The molecule has 7 aromatic rings. The smallest absolute Gasteiger partial charge is 1.00 e. The molecule has 0 fully saturated rings. The van der Waals surface area contributed by atoms with Gasteiger partial charge in [0.05, 0.1) is 33.0 Å². The Kier molecular flexibility index (Phi) is 42.7. The predicted octanol–water partition coefficient (Wildman–Crippen LogP) is -11.2. The van der Waals surface area contributed by atoms with Gasteiger partial charge in [-0.3, -0.25) is 70.5 Å². The molecule has 0 radical (unpaired) electrons. The van der Waals surface area contributed by atoms with E-state index in [0.29, 0.717) is 53.9 Å². The molecule has 0 spiro atoms. The van der Waals surface area contributed by atoms with Crippen LogP contribution in [0, 0.1) is 7.18 Å². The van der Waals surface area contributed by atoms with Gasteiger partial charge in [0.1, 0.15) is 24.5 Å². The van der Waals surface area contributed by atoms with Gasteiger partial charge in [-0.1, -0.05) is 7.43 Å². The van der Waals surface area contributed by atoms with Gasteiger partial charge in [-0.05, 0) is 59.3 Å². The monoisotopic (exact) mass is 1410 g/mol. The fraction of sp³-hybridized carbons (Fsp3) is 0.490. The fourth-order valence-corrected chi connectivity index (χ4v) is 7.04. The number of alkyl halides is 2. The predicted molar refractivity (Wildman–Crippen MR) is 314 cm³/mol. The number of carbonyl (C=O) groups excluding carboxylic acids is 5. The molecule has 0 aliphatic carbocycles. The molecule has 8 rings (SSSR count). The maximum Gasteiger partial charge on any atom is 1.00 e. The number of halogens is 3. The molecule has 480 valence electrons. The summed E-state index contributed by atoms with van der Waals surface area (Å²) in [6, 6.07) is 0. The average Bonchev–Trinajstić information content (AvgIpc) is 1.63. The Balaban J connectivity index is -0.000000223. The van der Waals surface area contributed by atoms with E-state index in [-0.39, 0.29) is 298 Å². The Labute approximate surface area is 710 Å². The standard InChI is InChI=1S/2C13H18N4O3.C7H8N4O2.C7H7N3O2.C6H11ClO.CH3F.CH2F.2CH2O3.CH4.4K.H/c2*1-9(18)6-4-5-7-17-12(19)10-11(14-8-15(10)2)16(3)13(17)20;1-10-3-8-5-4(10)6(12)9-7(13)11(5)2;1-10-5-4(2-3-8-5)6(11)9-7(10)12;1-6(8)4-2-3-5-7;2*1-2;2*2-1-4-3;;;;;;/h2*8H,4-7H2,1-3H3;3H,1-2H3,(H,9,12,13);3H,2H2,1H3,(H,9,11,12);2-5H2,1H3;1H3;1H2;2*1,3H;1H4;;;;;/q;;;;;;-1;;;;4*+1;-1/p-1/i2D3,6D2,8D;2D3;1D3;;;1D;;;;;;;;;/hD. The summed E-state index contributed by atoms with van der Waals surface area (Å²) >= 11 is 5.37. The van der Waals surface area contributed by atoms with Crippen LogP contribution in [0.2, 0.25) is 0 Å². The first-order valence-corrected chi connectivity index (χ1v) is 24.5. The van der Waals surface area contributed by atoms with Gasteiger partial charge in [-0.25, -0.2) is 44.4 Å². The summed E-state index contributed by atoms with van der Waals surface area (Å²) in [7, 11) is 6.47. The number of nitrogens with zero attached hydrogens (tertiary/aromatic N) is 13. The van der Waals surface area contributed by atoms with Gasteiger partial charge in [0.2, 0.25) is 0 Å². The average molecular weight is 1410 g/mol. The molecule has 90 heavy (non-hydrogen) atoms. The second-order valence-corrected chi connectivity index (χ2v) is 17.0. The number of aryl methyl sites for hydroxylation is 6. The van der Waals surface area contributed by atoms with Gasteiger partial charge < -0.3 is 48.9 Å². The molecule has 0 saturated carbocycles. The van der Waals surface area contributed by atoms with Crippen molar-refractivity contribution in [3.05, 3.63) is 115 Å². The minimum absolute atomic E-state index is 0. The van der Waals surface area contributed by atoms with Crippen LogP contribution >= 0.6 is 11.6 Å². The zero-order valence-corrected chi connectivity index (χ0v) is 63.9. The Morgan fingerprint density at radius 3 is 1.58 bits per heavy atom. The number of aromatic amines is 2. The summed E-state index contributed by atoms with van der Waals surface area (Å²) in [5.41, 5.74) is -5.28. The number of nitrogens with one attached hydrogen (secondary N) is 2. The number of rotatable bonds is 17. The van der Waals surface area contributed by atoms with Gasteiger partial charge in [0.15, 0.2) is 33.5 Å². The number of hydrogen-bond donors (Lipinski definition) is 3. The quantitative estimate of drug-likeness (QED) is 0.0145. The van der Waals surface area contributed by atoms with Crippen LogP contribution in [0.25, 0.3) is 34.9 Å². The third kappa shape index (κ3) is 31.3. The van der Waals surface area contributed by atoms with Crippen molar-refractivity contribution in [2.75, 3.05) is 13.0 Å². The number of carbonyl (C=O) groups is 5. The maximum atomic E-state index is 12.7. The minimum Gasteiger partial charge on any atom is -1.00 e. The minimum atomic E-state index is -2.83. The molecule has 1 aliphatic heterocycles. The van der Waals surface area contributed by atoms with E-state index < -0.39 is 91.5 Å². The summed E-state index contributed by atoms with van der Waals surface area (Å²) in [5, 5.41) is 11.5. The van der Waals surface area contributed by atoms with Crippen LogP contribution in [0.4, 0.5) is 14.6 Å². The van der Waals surface area contributed by atoms with Gasteiger partial charge in [-0.2, -0.15) is 7.18 Å². The van der Waals surface area contributed by atoms with Crippen molar-refractivity contribution >= 4 is 87.4 Å². The Hall–Kier alpha value is -2.63. The van der Waals surface area contributed by atoms with E-state index in [1.165, 1.54) is 32.6 Å². The van der Waals surface area contributed by atoms with E-state index in [4.69, 9.17) is 45.7 Å². The van der Waals surface area contributed by atoms with Gasteiger partial charge in [0, 0.05) is 115 Å². The molecule has 39 heteroatoms. The van der Waals surface area contributed by atoms with Crippen molar-refractivity contribution in [3.8, 4) is 0 Å². The van der Waals surface area contributed by atoms with E-state index in [0.717, 1.165) is 64.4 Å². The molecule has 0 bridgehead atoms. The second kappa shape index (κ2) is 53.6. The van der Waals surface area contributed by atoms with Crippen LogP contribution in [0.3, 0.4) is 0 Å². The van der Waals surface area contributed by atoms with Crippen molar-refractivity contribution in [1.82, 2.24) is 66.0 Å². The van der Waals surface area contributed by atoms with Gasteiger partial charge >= 0.3 is 235 Å². The van der Waals surface area contributed by atoms with Crippen LogP contribution in [-0.2, 0) is 102 Å². The van der Waals surface area contributed by atoms with Crippen LogP contribution in [-0.4, -0.2) is 121 Å². The summed E-state index contributed by atoms with van der Waals surface area (Å²) in [6.45, 7) is -3.92. The van der Waals surface area contributed by atoms with Crippen LogP contribution in [0.15, 0.2) is 62.3 Å². The van der Waals surface area contributed by atoms with Crippen molar-refractivity contribution in [2.24, 2.45) is 54.1 Å². The molecule has 7 aromatic heterocycles. The molecule has 1 aliphatic rings. The summed E-state index contributed by atoms with van der Waals surface area (Å²) in [5.74, 6) is 0.792. The topological polar surface area (TPSA) is 411 Å². The number of aromatic nitrogens is 14. The second-order valence-electron chi connectivity index (χ2n) is 16.6. The van der Waals surface area contributed by atoms with E-state index in [2.05, 4.69) is 40.0 Å². The largest absolute Gasteiger partial charge is 1.00 e. The Morgan fingerprint density at radius 1 is 0.711 bits per heavy atom. The first kappa shape index (κ1) is 71.7. The first-order valence-electron chi connectivity index (χ1n) is 31.1. The molecule has 0 aromatic carbocycles. The van der Waals surface area contributed by atoms with E-state index in [1.807, 2.05) is 4.98 Å². The number of unbranched alkanes of at least 4 members (excludes halogenated alkanes) is 2. The van der Waals surface area contributed by atoms with E-state index in [1.54, 1.807) is 27.4 Å². The van der Waals surface area contributed by atoms with Crippen molar-refractivity contribution < 1.29 is 278 Å². The Bertz CT molecular complexity index is 4440. The van der Waals surface area contributed by atoms with Crippen LogP contribution < -0.4 is 256 Å². The van der Waals surface area contributed by atoms with Gasteiger partial charge in [0.25, 0.3) is 30.1 Å². The van der Waals surface area contributed by atoms with Crippen LogP contribution in [0.5, 0.6) is 0 Å². The maximum absolute atomic E-state index is 12.7. The molecule has 8 heterocycles. The molecule has 3 N–H and O–H groups in total. The van der Waals surface area contributed by atoms with Crippen molar-refractivity contribution in [1.29, 1.82) is 1.43 Å². The molecule has 0 amide bonds. The van der Waals surface area contributed by atoms with E-state index >= 15 is 0 Å². The molecule has 32 nitrogen and oxygen atoms in total. The fourth-order valence-electron chi connectivity index (χ4n) is 6.85. The molecule has 0 unspecified atom stereocenters. The Morgan fingerprint density at radius 2 is 1.14 bits per heavy atom. The number of hydrogen-bond acceptors (Lipinski definition) is 21. The number of fused-ring (bicyclic) bond motifs is 4. The van der Waals surface area contributed by atoms with Crippen LogP contribution in [0.1, 0.15) is 111 Å². The summed E-state index contributed by atoms with van der Waals surface area (Å²) in [4.78, 5) is 170.